The summed E-state index contributed by atoms with van der Waals surface area (Å²) in [6, 6.07) is 10.1. The number of carbonyl (C=O) groups is 2. The van der Waals surface area contributed by atoms with Gasteiger partial charge in [-0.05, 0) is 38.1 Å². The summed E-state index contributed by atoms with van der Waals surface area (Å²) in [5.74, 6) is 0.896. The van der Waals surface area contributed by atoms with E-state index in [1.807, 2.05) is 18.7 Å². The highest BCUT2D eigenvalue weighted by Gasteiger charge is 2.22. The molecule has 156 valence electrons. The molecule has 0 spiro atoms. The third kappa shape index (κ3) is 5.90. The molecule has 1 aliphatic rings. The molecule has 7 heteroatoms. The van der Waals surface area contributed by atoms with Gasteiger partial charge in [0.05, 0.1) is 12.1 Å². The molecule has 0 radical (unpaired) electrons. The van der Waals surface area contributed by atoms with Crippen molar-refractivity contribution in [3.8, 4) is 11.3 Å². The Morgan fingerprint density at radius 2 is 1.83 bits per heavy atom. The van der Waals surface area contributed by atoms with Crippen molar-refractivity contribution >= 4 is 11.8 Å². The molecule has 0 atom stereocenters. The van der Waals surface area contributed by atoms with Crippen molar-refractivity contribution in [2.75, 3.05) is 32.7 Å². The Morgan fingerprint density at radius 3 is 2.52 bits per heavy atom. The molecule has 6 nitrogen and oxygen atoms in total. The fourth-order valence-electron chi connectivity index (χ4n) is 3.43. The molecule has 3 rings (SSSR count). The lowest BCUT2D eigenvalue weighted by atomic mass is 10.1. The van der Waals surface area contributed by atoms with Crippen LogP contribution in [0.1, 0.15) is 26.0 Å². The number of furan rings is 1. The largest absolute Gasteiger partial charge is 0.461 e. The molecular formula is C22H28FN3O3. The molecule has 2 heterocycles. The van der Waals surface area contributed by atoms with Crippen LogP contribution in [0.2, 0.25) is 0 Å². The second kappa shape index (κ2) is 9.69. The maximum atomic E-state index is 13.9. The van der Waals surface area contributed by atoms with Crippen LogP contribution in [0.15, 0.2) is 40.8 Å². The Morgan fingerprint density at radius 1 is 1.10 bits per heavy atom. The second-order valence-electron chi connectivity index (χ2n) is 7.62. The first-order valence-corrected chi connectivity index (χ1v) is 10.1. The normalized spacial score (nSPS) is 15.0. The van der Waals surface area contributed by atoms with Crippen molar-refractivity contribution in [1.29, 1.82) is 0 Å². The van der Waals surface area contributed by atoms with Crippen molar-refractivity contribution in [1.82, 2.24) is 15.1 Å². The maximum absolute atomic E-state index is 13.9. The molecule has 29 heavy (non-hydrogen) atoms. The number of benzene rings is 1. The van der Waals surface area contributed by atoms with Gasteiger partial charge < -0.3 is 14.6 Å². The smallest absolute Gasteiger partial charge is 0.234 e. The van der Waals surface area contributed by atoms with Gasteiger partial charge in [-0.1, -0.05) is 12.1 Å². The SMILES string of the molecule is CC(C)NC(=O)CN1CCN(C(=O)CCc2ccc(-c3ccccc3F)o2)CC1. The highest BCUT2D eigenvalue weighted by Crippen LogP contribution is 2.25. The first-order chi connectivity index (χ1) is 13.9. The van der Waals surface area contributed by atoms with E-state index < -0.39 is 0 Å². The highest BCUT2D eigenvalue weighted by atomic mass is 19.1. The van der Waals surface area contributed by atoms with Gasteiger partial charge in [-0.2, -0.15) is 0 Å². The molecule has 0 aliphatic carbocycles. The van der Waals surface area contributed by atoms with Gasteiger partial charge in [0.2, 0.25) is 11.8 Å². The topological polar surface area (TPSA) is 65.8 Å². The van der Waals surface area contributed by atoms with Gasteiger partial charge in [0.1, 0.15) is 17.3 Å². The van der Waals surface area contributed by atoms with E-state index >= 15 is 0 Å². The molecule has 2 aromatic rings. The third-order valence-corrected chi connectivity index (χ3v) is 4.93. The molecule has 0 saturated carbocycles. The molecule has 1 aliphatic heterocycles. The molecule has 2 amide bonds. The van der Waals surface area contributed by atoms with Crippen LogP contribution >= 0.6 is 0 Å². The Hall–Kier alpha value is -2.67. The van der Waals surface area contributed by atoms with Crippen LogP contribution in [0, 0.1) is 5.82 Å². The Balaban J connectivity index is 1.44. The maximum Gasteiger partial charge on any atom is 0.234 e. The lowest BCUT2D eigenvalue weighted by Gasteiger charge is -2.34. The first kappa shape index (κ1) is 21.0. The Kier molecular flexibility index (Phi) is 7.04. The number of nitrogens with zero attached hydrogens (tertiary/aromatic N) is 2. The molecule has 0 unspecified atom stereocenters. The van der Waals surface area contributed by atoms with E-state index in [-0.39, 0.29) is 23.7 Å². The summed E-state index contributed by atoms with van der Waals surface area (Å²) in [5, 5.41) is 2.88. The zero-order valence-electron chi connectivity index (χ0n) is 17.0. The zero-order valence-corrected chi connectivity index (χ0v) is 17.0. The monoisotopic (exact) mass is 401 g/mol. The van der Waals surface area contributed by atoms with Gasteiger partial charge in [-0.25, -0.2) is 4.39 Å². The lowest BCUT2D eigenvalue weighted by molar-refractivity contribution is -0.133. The van der Waals surface area contributed by atoms with E-state index in [2.05, 4.69) is 10.2 Å². The summed E-state index contributed by atoms with van der Waals surface area (Å²) in [5.41, 5.74) is 0.419. The van der Waals surface area contributed by atoms with Crippen molar-refractivity contribution in [2.45, 2.75) is 32.7 Å². The van der Waals surface area contributed by atoms with Gasteiger partial charge in [-0.15, -0.1) is 0 Å². The summed E-state index contributed by atoms with van der Waals surface area (Å²) in [6.45, 7) is 6.86. The predicted octanol–water partition coefficient (Wildman–Crippen LogP) is 2.69. The van der Waals surface area contributed by atoms with E-state index in [1.165, 1.54) is 6.07 Å². The number of carbonyl (C=O) groups excluding carboxylic acids is 2. The Labute approximate surface area is 170 Å². The van der Waals surface area contributed by atoms with Crippen molar-refractivity contribution < 1.29 is 18.4 Å². The zero-order chi connectivity index (χ0) is 20.8. The number of amides is 2. The minimum atomic E-state index is -0.329. The van der Waals surface area contributed by atoms with E-state index in [0.29, 0.717) is 62.6 Å². The predicted molar refractivity (Wildman–Crippen MR) is 109 cm³/mol. The molecule has 1 N–H and O–H groups in total. The van der Waals surface area contributed by atoms with Gasteiger partial charge in [-0.3, -0.25) is 14.5 Å². The van der Waals surface area contributed by atoms with Crippen LogP contribution in [-0.4, -0.2) is 60.4 Å². The van der Waals surface area contributed by atoms with Gasteiger partial charge in [0.15, 0.2) is 0 Å². The molecule has 1 aromatic heterocycles. The van der Waals surface area contributed by atoms with Crippen LogP contribution in [0.3, 0.4) is 0 Å². The van der Waals surface area contributed by atoms with Crippen LogP contribution in [0.5, 0.6) is 0 Å². The fraction of sp³-hybridized carbons (Fsp3) is 0.455. The van der Waals surface area contributed by atoms with E-state index in [4.69, 9.17) is 4.42 Å². The average molecular weight is 401 g/mol. The number of hydrogen-bond donors (Lipinski definition) is 1. The average Bonchev–Trinajstić information content (AvgIpc) is 3.15. The van der Waals surface area contributed by atoms with Crippen LogP contribution in [-0.2, 0) is 16.0 Å². The highest BCUT2D eigenvalue weighted by molar-refractivity contribution is 5.78. The van der Waals surface area contributed by atoms with E-state index in [9.17, 15) is 14.0 Å². The van der Waals surface area contributed by atoms with Crippen LogP contribution in [0.25, 0.3) is 11.3 Å². The standard InChI is InChI=1S/C22H28FN3O3/c1-16(2)24-21(27)15-25-11-13-26(14-12-25)22(28)10-8-17-7-9-20(29-17)18-5-3-4-6-19(18)23/h3-7,9,16H,8,10-15H2,1-2H3,(H,24,27). The molecule has 1 fully saturated rings. The fourth-order valence-corrected chi connectivity index (χ4v) is 3.43. The second-order valence-corrected chi connectivity index (χ2v) is 7.62. The number of rotatable bonds is 7. The summed E-state index contributed by atoms with van der Waals surface area (Å²) in [7, 11) is 0. The quantitative estimate of drug-likeness (QED) is 0.775. The summed E-state index contributed by atoms with van der Waals surface area (Å²) in [6.07, 6.45) is 0.822. The summed E-state index contributed by atoms with van der Waals surface area (Å²) in [4.78, 5) is 28.3. The first-order valence-electron chi connectivity index (χ1n) is 10.1. The minimum absolute atomic E-state index is 0.0169. The number of aryl methyl sites for hydroxylation is 1. The van der Waals surface area contributed by atoms with Crippen molar-refractivity contribution in [3.05, 3.63) is 48.0 Å². The Bertz CT molecular complexity index is 841. The number of nitrogens with one attached hydrogen (secondary N) is 1. The lowest BCUT2D eigenvalue weighted by Crippen LogP contribution is -2.51. The number of piperazine rings is 1. The van der Waals surface area contributed by atoms with Crippen LogP contribution in [0.4, 0.5) is 4.39 Å². The molecule has 0 bridgehead atoms. The molecule has 1 saturated heterocycles. The van der Waals surface area contributed by atoms with E-state index in [1.54, 1.807) is 30.3 Å². The number of halogens is 1. The van der Waals surface area contributed by atoms with Gasteiger partial charge in [0.25, 0.3) is 0 Å². The van der Waals surface area contributed by atoms with Crippen molar-refractivity contribution in [3.63, 3.8) is 0 Å². The van der Waals surface area contributed by atoms with Crippen LogP contribution < -0.4 is 5.32 Å². The summed E-state index contributed by atoms with van der Waals surface area (Å²) < 4.78 is 19.6. The van der Waals surface area contributed by atoms with Gasteiger partial charge in [0, 0.05) is 45.1 Å². The van der Waals surface area contributed by atoms with Crippen molar-refractivity contribution in [2.24, 2.45) is 0 Å². The summed E-state index contributed by atoms with van der Waals surface area (Å²) >= 11 is 0. The molecular weight excluding hydrogens is 373 g/mol. The van der Waals surface area contributed by atoms with E-state index in [0.717, 1.165) is 0 Å². The minimum Gasteiger partial charge on any atom is -0.461 e. The number of hydrogen-bond acceptors (Lipinski definition) is 4. The third-order valence-electron chi connectivity index (χ3n) is 4.93. The molecule has 1 aromatic carbocycles. The van der Waals surface area contributed by atoms with Gasteiger partial charge >= 0.3 is 0 Å².